The van der Waals surface area contributed by atoms with Gasteiger partial charge in [-0.2, -0.15) is 5.10 Å². The molecule has 0 aliphatic carbocycles. The molecule has 1 N–H and O–H groups in total. The number of thiazole rings is 1. The molecule has 0 saturated heterocycles. The van der Waals surface area contributed by atoms with E-state index >= 15 is 0 Å². The molecule has 27 heavy (non-hydrogen) atoms. The van der Waals surface area contributed by atoms with Gasteiger partial charge in [-0.25, -0.2) is 4.98 Å². The molecule has 0 radical (unpaired) electrons. The van der Waals surface area contributed by atoms with Crippen molar-refractivity contribution in [1.82, 2.24) is 4.98 Å². The third-order valence-corrected chi connectivity index (χ3v) is 5.54. The van der Waals surface area contributed by atoms with E-state index in [1.165, 1.54) is 0 Å². The molecule has 4 aromatic rings. The van der Waals surface area contributed by atoms with Crippen LogP contribution in [0.2, 0.25) is 0 Å². The van der Waals surface area contributed by atoms with Crippen molar-refractivity contribution in [3.8, 4) is 5.75 Å². The van der Waals surface area contributed by atoms with Crippen LogP contribution in [-0.2, 0) is 0 Å². The molecule has 4 nitrogen and oxygen atoms in total. The van der Waals surface area contributed by atoms with E-state index in [9.17, 15) is 0 Å². The van der Waals surface area contributed by atoms with Crippen LogP contribution in [0.15, 0.2) is 84.0 Å². The number of ether oxygens (including phenoxy) is 1. The summed E-state index contributed by atoms with van der Waals surface area (Å²) in [5.74, 6) is 0.863. The highest BCUT2D eigenvalue weighted by Gasteiger charge is 2.26. The standard InChI is InChI=1S/C22H17N3OS/c1-2-8-15(9-3-1)20-14-18(16-10-4-6-12-19(16)26-20)24-25-22-23-17-11-5-7-13-21(17)27-22/h1-13,20H,14H2,(H,23,25)/b24-18-/t20-/m0/s1. The minimum absolute atomic E-state index is 0.0444. The second kappa shape index (κ2) is 6.85. The van der Waals surface area contributed by atoms with Crippen molar-refractivity contribution >= 4 is 32.4 Å². The lowest BCUT2D eigenvalue weighted by Crippen LogP contribution is -2.21. The summed E-state index contributed by atoms with van der Waals surface area (Å²) >= 11 is 1.60. The van der Waals surface area contributed by atoms with Crippen LogP contribution in [0.1, 0.15) is 23.7 Å². The second-order valence-corrected chi connectivity index (χ2v) is 7.41. The molecule has 0 saturated carbocycles. The van der Waals surface area contributed by atoms with Gasteiger partial charge in [0.1, 0.15) is 11.9 Å². The average Bonchev–Trinajstić information content (AvgIpc) is 3.15. The van der Waals surface area contributed by atoms with E-state index in [1.54, 1.807) is 11.3 Å². The van der Waals surface area contributed by atoms with Crippen LogP contribution in [0.5, 0.6) is 5.75 Å². The number of benzene rings is 3. The van der Waals surface area contributed by atoms with Gasteiger partial charge in [0.15, 0.2) is 0 Å². The summed E-state index contributed by atoms with van der Waals surface area (Å²) in [5.41, 5.74) is 7.30. The number of rotatable bonds is 3. The van der Waals surface area contributed by atoms with Crippen molar-refractivity contribution in [2.45, 2.75) is 12.5 Å². The Morgan fingerprint density at radius 1 is 0.926 bits per heavy atom. The van der Waals surface area contributed by atoms with Gasteiger partial charge in [-0.05, 0) is 29.8 Å². The lowest BCUT2D eigenvalue weighted by atomic mass is 9.96. The molecule has 132 valence electrons. The number of hydrogen-bond acceptors (Lipinski definition) is 5. The highest BCUT2D eigenvalue weighted by molar-refractivity contribution is 7.22. The average molecular weight is 371 g/mol. The van der Waals surface area contributed by atoms with Crippen molar-refractivity contribution in [1.29, 1.82) is 0 Å². The van der Waals surface area contributed by atoms with Gasteiger partial charge in [-0.15, -0.1) is 0 Å². The maximum atomic E-state index is 6.23. The fourth-order valence-corrected chi connectivity index (χ4v) is 4.09. The summed E-state index contributed by atoms with van der Waals surface area (Å²) in [5, 5.41) is 5.50. The SMILES string of the molecule is c1ccc([C@@H]2C/C(=N/Nc3nc4ccccc4s3)c3ccccc3O2)cc1. The predicted molar refractivity (Wildman–Crippen MR) is 111 cm³/mol. The zero-order valence-electron chi connectivity index (χ0n) is 14.5. The number of nitrogens with one attached hydrogen (secondary N) is 1. The van der Waals surface area contributed by atoms with Gasteiger partial charge in [0, 0.05) is 12.0 Å². The molecule has 1 aromatic heterocycles. The fraction of sp³-hybridized carbons (Fsp3) is 0.0909. The molecule has 1 aliphatic heterocycles. The van der Waals surface area contributed by atoms with Gasteiger partial charge in [0.25, 0.3) is 0 Å². The first-order valence-electron chi connectivity index (χ1n) is 8.86. The Hall–Kier alpha value is -3.18. The Morgan fingerprint density at radius 2 is 1.70 bits per heavy atom. The number of anilines is 1. The molecule has 3 aromatic carbocycles. The molecule has 0 bridgehead atoms. The van der Waals surface area contributed by atoms with Crippen LogP contribution < -0.4 is 10.2 Å². The van der Waals surface area contributed by atoms with E-state index in [1.807, 2.05) is 54.6 Å². The van der Waals surface area contributed by atoms with Gasteiger partial charge in [-0.3, -0.25) is 5.43 Å². The van der Waals surface area contributed by atoms with Crippen LogP contribution in [0.3, 0.4) is 0 Å². The molecule has 1 aliphatic rings. The zero-order valence-corrected chi connectivity index (χ0v) is 15.3. The van der Waals surface area contributed by atoms with Crippen LogP contribution >= 0.6 is 11.3 Å². The highest BCUT2D eigenvalue weighted by Crippen LogP contribution is 2.35. The van der Waals surface area contributed by atoms with Crippen molar-refractivity contribution in [2.75, 3.05) is 5.43 Å². The Balaban J connectivity index is 1.48. The van der Waals surface area contributed by atoms with Gasteiger partial charge >= 0.3 is 0 Å². The number of hydrogen-bond donors (Lipinski definition) is 1. The van der Waals surface area contributed by atoms with E-state index < -0.39 is 0 Å². The van der Waals surface area contributed by atoms with E-state index in [4.69, 9.17) is 9.84 Å². The summed E-state index contributed by atoms with van der Waals surface area (Å²) < 4.78 is 7.37. The molecular formula is C22H17N3OS. The van der Waals surface area contributed by atoms with Gasteiger partial charge in [0.05, 0.1) is 15.9 Å². The molecule has 2 heterocycles. The van der Waals surface area contributed by atoms with Gasteiger partial charge in [-0.1, -0.05) is 65.9 Å². The Morgan fingerprint density at radius 3 is 2.59 bits per heavy atom. The summed E-state index contributed by atoms with van der Waals surface area (Å²) in [6, 6.07) is 26.4. The lowest BCUT2D eigenvalue weighted by Gasteiger charge is -2.27. The minimum Gasteiger partial charge on any atom is -0.485 e. The maximum absolute atomic E-state index is 6.23. The fourth-order valence-electron chi connectivity index (χ4n) is 3.28. The highest BCUT2D eigenvalue weighted by atomic mass is 32.1. The smallest absolute Gasteiger partial charge is 0.204 e. The monoisotopic (exact) mass is 371 g/mol. The van der Waals surface area contributed by atoms with Crippen LogP contribution in [-0.4, -0.2) is 10.7 Å². The summed E-state index contributed by atoms with van der Waals surface area (Å²) in [6.45, 7) is 0. The second-order valence-electron chi connectivity index (χ2n) is 6.37. The minimum atomic E-state index is -0.0444. The number of nitrogens with zero attached hydrogens (tertiary/aromatic N) is 2. The number of hydrazone groups is 1. The van der Waals surface area contributed by atoms with Crippen molar-refractivity contribution in [3.05, 3.63) is 90.0 Å². The summed E-state index contributed by atoms with van der Waals surface area (Å²) in [7, 11) is 0. The predicted octanol–water partition coefficient (Wildman–Crippen LogP) is 5.64. The van der Waals surface area contributed by atoms with Crippen LogP contribution in [0, 0.1) is 0 Å². The number of aromatic nitrogens is 1. The van der Waals surface area contributed by atoms with Crippen molar-refractivity contribution in [3.63, 3.8) is 0 Å². The molecular weight excluding hydrogens is 354 g/mol. The topological polar surface area (TPSA) is 46.5 Å². The normalized spacial score (nSPS) is 17.5. The van der Waals surface area contributed by atoms with E-state index in [-0.39, 0.29) is 6.10 Å². The first-order valence-corrected chi connectivity index (χ1v) is 9.67. The lowest BCUT2D eigenvalue weighted by molar-refractivity contribution is 0.206. The van der Waals surface area contributed by atoms with Gasteiger partial charge in [0.2, 0.25) is 5.13 Å². The zero-order chi connectivity index (χ0) is 18.1. The first kappa shape index (κ1) is 16.0. The maximum Gasteiger partial charge on any atom is 0.204 e. The Kier molecular flexibility index (Phi) is 4.07. The molecule has 5 rings (SSSR count). The van der Waals surface area contributed by atoms with E-state index in [0.717, 1.165) is 37.9 Å². The first-order chi connectivity index (χ1) is 13.4. The molecule has 0 unspecified atom stereocenters. The Bertz CT molecular complexity index is 1090. The van der Waals surface area contributed by atoms with E-state index in [0.29, 0.717) is 6.42 Å². The largest absolute Gasteiger partial charge is 0.485 e. The van der Waals surface area contributed by atoms with Crippen molar-refractivity contribution < 1.29 is 4.74 Å². The Labute approximate surface area is 161 Å². The van der Waals surface area contributed by atoms with Crippen molar-refractivity contribution in [2.24, 2.45) is 5.10 Å². The quantitative estimate of drug-likeness (QED) is 0.474. The number of fused-ring (bicyclic) bond motifs is 2. The van der Waals surface area contributed by atoms with Gasteiger partial charge < -0.3 is 4.74 Å². The number of para-hydroxylation sites is 2. The molecule has 0 amide bonds. The third kappa shape index (κ3) is 3.17. The van der Waals surface area contributed by atoms with Crippen LogP contribution in [0.4, 0.5) is 5.13 Å². The molecule has 0 spiro atoms. The van der Waals surface area contributed by atoms with E-state index in [2.05, 4.69) is 34.7 Å². The summed E-state index contributed by atoms with van der Waals surface area (Å²) in [4.78, 5) is 4.60. The molecule has 5 heteroatoms. The molecule has 1 atom stereocenters. The van der Waals surface area contributed by atoms with Crippen LogP contribution in [0.25, 0.3) is 10.2 Å². The molecule has 0 fully saturated rings. The third-order valence-electron chi connectivity index (χ3n) is 4.60. The summed E-state index contributed by atoms with van der Waals surface area (Å²) in [6.07, 6.45) is 0.663.